The van der Waals surface area contributed by atoms with E-state index in [-0.39, 0.29) is 11.4 Å². The third-order valence-electron chi connectivity index (χ3n) is 1.99. The molecule has 0 atom stereocenters. The number of H-pyrrole nitrogens is 1. The molecule has 1 heterocycles. The molecule has 0 radical (unpaired) electrons. The van der Waals surface area contributed by atoms with E-state index in [0.717, 1.165) is 6.07 Å². The van der Waals surface area contributed by atoms with Crippen LogP contribution in [0.25, 0.3) is 11.4 Å². The minimum atomic E-state index is -4.76. The van der Waals surface area contributed by atoms with Gasteiger partial charge in [0, 0.05) is 5.56 Å². The van der Waals surface area contributed by atoms with Gasteiger partial charge in [-0.1, -0.05) is 11.2 Å². The van der Waals surface area contributed by atoms with Crippen molar-refractivity contribution in [3.8, 4) is 11.4 Å². The van der Waals surface area contributed by atoms with Gasteiger partial charge in [-0.05, 0) is 12.1 Å². The van der Waals surface area contributed by atoms with Gasteiger partial charge >= 0.3 is 11.9 Å². The van der Waals surface area contributed by atoms with Crippen molar-refractivity contribution in [3.05, 3.63) is 40.1 Å². The highest BCUT2D eigenvalue weighted by Crippen LogP contribution is 2.32. The Balaban J connectivity index is 2.48. The first-order chi connectivity index (χ1) is 7.88. The molecule has 0 bridgehead atoms. The van der Waals surface area contributed by atoms with Crippen LogP contribution in [0, 0.1) is 5.82 Å². The number of benzene rings is 1. The molecule has 0 aliphatic rings. The fourth-order valence-corrected chi connectivity index (χ4v) is 1.25. The normalized spacial score (nSPS) is 11.8. The highest BCUT2D eigenvalue weighted by Gasteiger charge is 2.34. The van der Waals surface area contributed by atoms with Crippen molar-refractivity contribution in [3.63, 3.8) is 0 Å². The molecule has 0 spiro atoms. The molecule has 0 amide bonds. The number of hydrogen-bond acceptors (Lipinski definition) is 3. The van der Waals surface area contributed by atoms with Crippen LogP contribution in [0.5, 0.6) is 0 Å². The summed E-state index contributed by atoms with van der Waals surface area (Å²) in [7, 11) is 0. The van der Waals surface area contributed by atoms with Gasteiger partial charge in [0.1, 0.15) is 5.82 Å². The molecule has 17 heavy (non-hydrogen) atoms. The lowest BCUT2D eigenvalue weighted by molar-refractivity contribution is -0.139. The number of aromatic nitrogens is 2. The lowest BCUT2D eigenvalue weighted by atomic mass is 10.1. The van der Waals surface area contributed by atoms with E-state index in [9.17, 15) is 22.4 Å². The van der Waals surface area contributed by atoms with Gasteiger partial charge < -0.3 is 0 Å². The molecule has 0 saturated heterocycles. The standard InChI is InChI=1S/C9H4F4N2O2/c10-6-3-4(7-14-8(16)17-15-7)1-2-5(6)9(11,12)13/h1-3H,(H,14,15,16). The smallest absolute Gasteiger partial charge is 0.296 e. The highest BCUT2D eigenvalue weighted by molar-refractivity contribution is 5.54. The summed E-state index contributed by atoms with van der Waals surface area (Å²) in [6.07, 6.45) is -4.76. The Labute approximate surface area is 90.9 Å². The molecule has 0 unspecified atom stereocenters. The second-order valence-corrected chi connectivity index (χ2v) is 3.14. The maximum Gasteiger partial charge on any atom is 0.439 e. The van der Waals surface area contributed by atoms with Crippen LogP contribution in [-0.2, 0) is 6.18 Å². The van der Waals surface area contributed by atoms with Crippen molar-refractivity contribution >= 4 is 0 Å². The van der Waals surface area contributed by atoms with E-state index in [1.54, 1.807) is 0 Å². The monoisotopic (exact) mass is 248 g/mol. The van der Waals surface area contributed by atoms with E-state index in [1.807, 2.05) is 0 Å². The molecule has 0 fully saturated rings. The molecule has 1 aromatic carbocycles. The summed E-state index contributed by atoms with van der Waals surface area (Å²) in [5, 5.41) is 3.23. The van der Waals surface area contributed by atoms with Crippen molar-refractivity contribution in [2.24, 2.45) is 0 Å². The molecular weight excluding hydrogens is 244 g/mol. The van der Waals surface area contributed by atoms with Gasteiger partial charge in [-0.2, -0.15) is 13.2 Å². The topological polar surface area (TPSA) is 58.9 Å². The lowest BCUT2D eigenvalue weighted by Crippen LogP contribution is -2.08. The number of nitrogens with one attached hydrogen (secondary N) is 1. The van der Waals surface area contributed by atoms with E-state index < -0.39 is 23.3 Å². The van der Waals surface area contributed by atoms with Crippen LogP contribution < -0.4 is 5.76 Å². The van der Waals surface area contributed by atoms with Crippen LogP contribution in [0.2, 0.25) is 0 Å². The summed E-state index contributed by atoms with van der Waals surface area (Å²) < 4.78 is 54.1. The van der Waals surface area contributed by atoms with Crippen LogP contribution in [0.4, 0.5) is 17.6 Å². The molecule has 2 rings (SSSR count). The summed E-state index contributed by atoms with van der Waals surface area (Å²) >= 11 is 0. The molecule has 0 aliphatic heterocycles. The summed E-state index contributed by atoms with van der Waals surface area (Å²) in [5.41, 5.74) is -1.39. The molecule has 1 N–H and O–H groups in total. The fraction of sp³-hybridized carbons (Fsp3) is 0.111. The van der Waals surface area contributed by atoms with E-state index in [2.05, 4.69) is 14.7 Å². The van der Waals surface area contributed by atoms with Crippen LogP contribution in [0.3, 0.4) is 0 Å². The van der Waals surface area contributed by atoms with Crippen LogP contribution >= 0.6 is 0 Å². The van der Waals surface area contributed by atoms with Crippen molar-refractivity contribution in [2.45, 2.75) is 6.18 Å². The quantitative estimate of drug-likeness (QED) is 0.787. The van der Waals surface area contributed by atoms with E-state index in [0.29, 0.717) is 12.1 Å². The van der Waals surface area contributed by atoms with Gasteiger partial charge in [0.05, 0.1) is 5.56 Å². The first kappa shape index (κ1) is 11.4. The van der Waals surface area contributed by atoms with E-state index >= 15 is 0 Å². The van der Waals surface area contributed by atoms with Crippen LogP contribution in [0.1, 0.15) is 5.56 Å². The number of aromatic amines is 1. The number of rotatable bonds is 1. The van der Waals surface area contributed by atoms with Crippen molar-refractivity contribution in [1.82, 2.24) is 10.1 Å². The van der Waals surface area contributed by atoms with E-state index in [1.165, 1.54) is 0 Å². The number of hydrogen-bond donors (Lipinski definition) is 1. The van der Waals surface area contributed by atoms with Gasteiger partial charge in [-0.25, -0.2) is 9.18 Å². The number of alkyl halides is 3. The van der Waals surface area contributed by atoms with Crippen molar-refractivity contribution < 1.29 is 22.1 Å². The van der Waals surface area contributed by atoms with Crippen LogP contribution in [0.15, 0.2) is 27.5 Å². The molecule has 2 aromatic rings. The molecule has 8 heteroatoms. The summed E-state index contributed by atoms with van der Waals surface area (Å²) in [5.74, 6) is -2.46. The number of nitrogens with zero attached hydrogens (tertiary/aromatic N) is 1. The Morgan fingerprint density at radius 1 is 1.29 bits per heavy atom. The van der Waals surface area contributed by atoms with Crippen molar-refractivity contribution in [1.29, 1.82) is 0 Å². The van der Waals surface area contributed by atoms with Gasteiger partial charge in [-0.15, -0.1) is 0 Å². The maximum absolute atomic E-state index is 13.2. The minimum absolute atomic E-state index is 0.0126. The first-order valence-corrected chi connectivity index (χ1v) is 4.31. The third kappa shape index (κ3) is 2.19. The van der Waals surface area contributed by atoms with Gasteiger partial charge in [0.25, 0.3) is 0 Å². The van der Waals surface area contributed by atoms with E-state index in [4.69, 9.17) is 0 Å². The van der Waals surface area contributed by atoms with Gasteiger partial charge in [-0.3, -0.25) is 9.51 Å². The largest absolute Gasteiger partial charge is 0.439 e. The third-order valence-corrected chi connectivity index (χ3v) is 1.99. The first-order valence-electron chi connectivity index (χ1n) is 4.31. The zero-order chi connectivity index (χ0) is 12.6. The van der Waals surface area contributed by atoms with Gasteiger partial charge in [0.2, 0.25) is 0 Å². The zero-order valence-corrected chi connectivity index (χ0v) is 8.01. The predicted octanol–water partition coefficient (Wildman–Crippen LogP) is 2.19. The molecule has 0 aliphatic carbocycles. The Morgan fingerprint density at radius 2 is 2.00 bits per heavy atom. The maximum atomic E-state index is 13.2. The summed E-state index contributed by atoms with van der Waals surface area (Å²) in [6, 6.07) is 2.17. The SMILES string of the molecule is O=c1[nH]c(-c2ccc(C(F)(F)F)c(F)c2)no1. The Hall–Kier alpha value is -2.12. The molecule has 90 valence electrons. The predicted molar refractivity (Wildman–Crippen MR) is 47.5 cm³/mol. The van der Waals surface area contributed by atoms with Gasteiger partial charge in [0.15, 0.2) is 5.82 Å². The minimum Gasteiger partial charge on any atom is -0.296 e. The fourth-order valence-electron chi connectivity index (χ4n) is 1.25. The second kappa shape index (κ2) is 3.72. The highest BCUT2D eigenvalue weighted by atomic mass is 19.4. The Bertz CT molecular complexity index is 600. The molecular formula is C9H4F4N2O2. The molecule has 4 nitrogen and oxygen atoms in total. The second-order valence-electron chi connectivity index (χ2n) is 3.14. The molecule has 1 aromatic heterocycles. The summed E-state index contributed by atoms with van der Waals surface area (Å²) in [4.78, 5) is 12.7. The zero-order valence-electron chi connectivity index (χ0n) is 8.01. The summed E-state index contributed by atoms with van der Waals surface area (Å²) in [6.45, 7) is 0. The molecule has 0 saturated carbocycles. The number of halogens is 4. The lowest BCUT2D eigenvalue weighted by Gasteiger charge is -2.07. The average molecular weight is 248 g/mol. The Morgan fingerprint density at radius 3 is 2.47 bits per heavy atom. The Kier molecular flexibility index (Phi) is 2.49. The van der Waals surface area contributed by atoms with Crippen molar-refractivity contribution in [2.75, 3.05) is 0 Å². The van der Waals surface area contributed by atoms with Crippen LogP contribution in [-0.4, -0.2) is 10.1 Å². The average Bonchev–Trinajstić information content (AvgIpc) is 2.62.